The third-order valence-electron chi connectivity index (χ3n) is 2.56. The molecule has 2 rings (SSSR count). The van der Waals surface area contributed by atoms with Gasteiger partial charge in [0, 0.05) is 0 Å². The molecular weight excluding hydrogens is 260 g/mol. The lowest BCUT2D eigenvalue weighted by atomic mass is 10.0. The highest BCUT2D eigenvalue weighted by Crippen LogP contribution is 2.34. The molecule has 0 unspecified atom stereocenters. The summed E-state index contributed by atoms with van der Waals surface area (Å²) in [5, 5.41) is 0.153. The number of hydrogen-bond acceptors (Lipinski definition) is 5. The molecule has 1 fully saturated rings. The number of β-lactam (4-membered cyclic amide) rings is 1. The third kappa shape index (κ3) is 2.11. The maximum absolute atomic E-state index is 12.0. The van der Waals surface area contributed by atoms with Crippen molar-refractivity contribution in [3.05, 3.63) is 10.7 Å². The van der Waals surface area contributed by atoms with E-state index in [1.807, 2.05) is 0 Å². The molecule has 0 spiro atoms. The number of fused-ring (bicyclic) bond motifs is 1. The number of hydrogen-bond donors (Lipinski definition) is 1. The number of nitrogens with two attached hydrogens (primary N) is 1. The number of carbonyl (C=O) groups excluding carboxylic acids is 2. The van der Waals surface area contributed by atoms with Crippen molar-refractivity contribution in [1.29, 1.82) is 0 Å². The Kier molecular flexibility index (Phi) is 3.12. The first-order chi connectivity index (χ1) is 8.22. The van der Waals surface area contributed by atoms with Crippen molar-refractivity contribution in [2.75, 3.05) is 6.61 Å². The minimum Gasteiger partial charge on any atom is -0.455 e. The van der Waals surface area contributed by atoms with Gasteiger partial charge in [0.25, 0.3) is 5.91 Å². The van der Waals surface area contributed by atoms with Gasteiger partial charge in [-0.05, 0) is 20.8 Å². The second-order valence-corrected chi connectivity index (χ2v) is 5.65. The molecular formula is C11H15ClN2O4. The van der Waals surface area contributed by atoms with E-state index in [1.54, 1.807) is 20.8 Å². The molecule has 7 heteroatoms. The monoisotopic (exact) mass is 274 g/mol. The van der Waals surface area contributed by atoms with Crippen molar-refractivity contribution in [1.82, 2.24) is 4.90 Å². The number of carbonyl (C=O) groups is 2. The molecule has 6 nitrogen and oxygen atoms in total. The van der Waals surface area contributed by atoms with E-state index in [1.165, 1.54) is 0 Å². The highest BCUT2D eigenvalue weighted by atomic mass is 35.5. The molecule has 0 aromatic heterocycles. The summed E-state index contributed by atoms with van der Waals surface area (Å²) in [5.74, 6) is -1.03. The number of esters is 1. The van der Waals surface area contributed by atoms with Gasteiger partial charge < -0.3 is 15.2 Å². The smallest absolute Gasteiger partial charge is 0.356 e. The summed E-state index contributed by atoms with van der Waals surface area (Å²) in [5.41, 5.74) is 4.95. The maximum Gasteiger partial charge on any atom is 0.356 e. The van der Waals surface area contributed by atoms with Crippen molar-refractivity contribution >= 4 is 23.5 Å². The largest absolute Gasteiger partial charge is 0.455 e. The van der Waals surface area contributed by atoms with E-state index < -0.39 is 29.7 Å². The van der Waals surface area contributed by atoms with Gasteiger partial charge in [0.15, 0.2) is 6.23 Å². The van der Waals surface area contributed by atoms with E-state index in [0.717, 1.165) is 4.90 Å². The van der Waals surface area contributed by atoms with E-state index in [9.17, 15) is 9.59 Å². The van der Waals surface area contributed by atoms with Gasteiger partial charge in [0.05, 0.1) is 11.6 Å². The van der Waals surface area contributed by atoms with Crippen molar-refractivity contribution < 1.29 is 19.1 Å². The molecule has 1 amide bonds. The zero-order valence-corrected chi connectivity index (χ0v) is 11.2. The van der Waals surface area contributed by atoms with E-state index in [-0.39, 0.29) is 17.3 Å². The first-order valence-corrected chi connectivity index (χ1v) is 5.92. The molecule has 1 saturated heterocycles. The minimum absolute atomic E-state index is 0.0366. The van der Waals surface area contributed by atoms with Gasteiger partial charge in [-0.3, -0.25) is 9.69 Å². The summed E-state index contributed by atoms with van der Waals surface area (Å²) in [6.45, 7) is 5.26. The number of nitrogens with zero attached hydrogens (tertiary/aromatic N) is 1. The van der Waals surface area contributed by atoms with E-state index >= 15 is 0 Å². The van der Waals surface area contributed by atoms with Crippen LogP contribution in [-0.4, -0.2) is 41.3 Å². The summed E-state index contributed by atoms with van der Waals surface area (Å²) in [7, 11) is 0. The lowest BCUT2D eigenvalue weighted by Crippen LogP contribution is -2.71. The molecule has 0 bridgehead atoms. The Labute approximate surface area is 110 Å². The van der Waals surface area contributed by atoms with Crippen LogP contribution in [0.1, 0.15) is 20.8 Å². The fraction of sp³-hybridized carbons (Fsp3) is 0.636. The van der Waals surface area contributed by atoms with Gasteiger partial charge in [-0.1, -0.05) is 11.6 Å². The summed E-state index contributed by atoms with van der Waals surface area (Å²) in [4.78, 5) is 24.8. The summed E-state index contributed by atoms with van der Waals surface area (Å²) >= 11 is 5.93. The van der Waals surface area contributed by atoms with Crippen molar-refractivity contribution in [3.63, 3.8) is 0 Å². The molecule has 0 radical (unpaired) electrons. The quantitative estimate of drug-likeness (QED) is 0.549. The van der Waals surface area contributed by atoms with Gasteiger partial charge in [-0.2, -0.15) is 0 Å². The Bertz CT molecular complexity index is 441. The van der Waals surface area contributed by atoms with E-state index in [0.29, 0.717) is 0 Å². The van der Waals surface area contributed by atoms with Crippen LogP contribution >= 0.6 is 11.6 Å². The van der Waals surface area contributed by atoms with Gasteiger partial charge in [-0.15, -0.1) is 0 Å². The fourth-order valence-corrected chi connectivity index (χ4v) is 2.03. The standard InChI is InChI=1S/C11H15ClN2O4/c1-11(2,3)18-10(16)7-5(12)4-17-9-6(13)8(15)14(7)9/h6,9H,4,13H2,1-3H3/t6-,9-/m1/s1. The first kappa shape index (κ1) is 13.3. The summed E-state index contributed by atoms with van der Waals surface area (Å²) in [6.07, 6.45) is -0.623. The SMILES string of the molecule is CC(C)(C)OC(=O)C1=C(Cl)CO[C@@H]2[C@H](N)C(=O)N12. The molecule has 2 N–H and O–H groups in total. The lowest BCUT2D eigenvalue weighted by Gasteiger charge is -2.47. The van der Waals surface area contributed by atoms with Crippen LogP contribution in [0.3, 0.4) is 0 Å². The highest BCUT2D eigenvalue weighted by molar-refractivity contribution is 6.32. The van der Waals surface area contributed by atoms with E-state index in [2.05, 4.69) is 0 Å². The molecule has 2 atom stereocenters. The minimum atomic E-state index is -0.743. The van der Waals surface area contributed by atoms with Crippen LogP contribution in [0.4, 0.5) is 0 Å². The second kappa shape index (κ2) is 4.22. The Morgan fingerprint density at radius 1 is 1.56 bits per heavy atom. The number of ether oxygens (including phenoxy) is 2. The number of amides is 1. The molecule has 18 heavy (non-hydrogen) atoms. The molecule has 0 aliphatic carbocycles. The zero-order valence-electron chi connectivity index (χ0n) is 10.4. The molecule has 0 saturated carbocycles. The van der Waals surface area contributed by atoms with Crippen LogP contribution in [0.2, 0.25) is 0 Å². The highest BCUT2D eigenvalue weighted by Gasteiger charge is 2.53. The molecule has 0 aromatic rings. The molecule has 2 aliphatic heterocycles. The zero-order chi connectivity index (χ0) is 13.7. The van der Waals surface area contributed by atoms with Gasteiger partial charge in [0.2, 0.25) is 0 Å². The Hall–Kier alpha value is -1.11. The van der Waals surface area contributed by atoms with Gasteiger partial charge >= 0.3 is 5.97 Å². The lowest BCUT2D eigenvalue weighted by molar-refractivity contribution is -0.183. The van der Waals surface area contributed by atoms with Crippen LogP contribution in [0.15, 0.2) is 10.7 Å². The predicted octanol–water partition coefficient (Wildman–Crippen LogP) is 0.304. The normalized spacial score (nSPS) is 27.8. The average molecular weight is 275 g/mol. The van der Waals surface area contributed by atoms with Gasteiger partial charge in [-0.25, -0.2) is 4.79 Å². The number of halogens is 1. The first-order valence-electron chi connectivity index (χ1n) is 5.54. The summed E-state index contributed by atoms with van der Waals surface area (Å²) in [6, 6.07) is -0.743. The molecule has 0 aromatic carbocycles. The second-order valence-electron chi connectivity index (χ2n) is 5.19. The Morgan fingerprint density at radius 2 is 2.17 bits per heavy atom. The van der Waals surface area contributed by atoms with Crippen LogP contribution < -0.4 is 5.73 Å². The van der Waals surface area contributed by atoms with Crippen LogP contribution in [-0.2, 0) is 19.1 Å². The fourth-order valence-electron chi connectivity index (χ4n) is 1.80. The Balaban J connectivity index is 2.25. The van der Waals surface area contributed by atoms with Crippen molar-refractivity contribution in [3.8, 4) is 0 Å². The molecule has 2 aliphatic rings. The maximum atomic E-state index is 12.0. The van der Waals surface area contributed by atoms with Crippen LogP contribution in [0.5, 0.6) is 0 Å². The average Bonchev–Trinajstić information content (AvgIpc) is 2.25. The third-order valence-corrected chi connectivity index (χ3v) is 2.84. The van der Waals surface area contributed by atoms with Crippen molar-refractivity contribution in [2.24, 2.45) is 5.73 Å². The summed E-state index contributed by atoms with van der Waals surface area (Å²) < 4.78 is 10.5. The predicted molar refractivity (Wildman–Crippen MR) is 63.3 cm³/mol. The van der Waals surface area contributed by atoms with E-state index in [4.69, 9.17) is 26.8 Å². The van der Waals surface area contributed by atoms with Crippen LogP contribution in [0.25, 0.3) is 0 Å². The Morgan fingerprint density at radius 3 is 2.72 bits per heavy atom. The van der Waals surface area contributed by atoms with Crippen LogP contribution in [0, 0.1) is 0 Å². The number of rotatable bonds is 1. The van der Waals surface area contributed by atoms with Crippen molar-refractivity contribution in [2.45, 2.75) is 38.6 Å². The molecule has 2 heterocycles. The molecule has 100 valence electrons. The van der Waals surface area contributed by atoms with Gasteiger partial charge in [0.1, 0.15) is 17.3 Å². The topological polar surface area (TPSA) is 81.9 Å².